The first kappa shape index (κ1) is 15.0. The van der Waals surface area contributed by atoms with Gasteiger partial charge in [-0.05, 0) is 61.0 Å². The fourth-order valence-electron chi connectivity index (χ4n) is 3.02. The van der Waals surface area contributed by atoms with Crippen molar-refractivity contribution in [1.29, 1.82) is 5.26 Å². The molecule has 0 aromatic heterocycles. The molecule has 0 N–H and O–H groups in total. The van der Waals surface area contributed by atoms with Gasteiger partial charge in [-0.3, -0.25) is 4.90 Å². The van der Waals surface area contributed by atoms with Gasteiger partial charge < -0.3 is 0 Å². The molecule has 1 aromatic carbocycles. The third-order valence-corrected chi connectivity index (χ3v) is 4.31. The average Bonchev–Trinajstić information content (AvgIpc) is 2.37. The molecule has 0 unspecified atom stereocenters. The van der Waals surface area contributed by atoms with Crippen LogP contribution in [0, 0.1) is 28.5 Å². The van der Waals surface area contributed by atoms with Gasteiger partial charge >= 0.3 is 0 Å². The monoisotopic (exact) mass is 274 g/mol. The zero-order chi connectivity index (χ0) is 14.8. The molecule has 0 spiro atoms. The van der Waals surface area contributed by atoms with Crippen LogP contribution in [-0.4, -0.2) is 18.0 Å². The Bertz CT molecular complexity index is 503. The summed E-state index contributed by atoms with van der Waals surface area (Å²) in [5, 5.41) is 8.89. The van der Waals surface area contributed by atoms with E-state index in [0.29, 0.717) is 11.0 Å². The lowest BCUT2D eigenvalue weighted by molar-refractivity contribution is 0.108. The summed E-state index contributed by atoms with van der Waals surface area (Å²) in [6, 6.07) is 6.63. The van der Waals surface area contributed by atoms with E-state index in [1.807, 2.05) is 6.07 Å². The van der Waals surface area contributed by atoms with Crippen molar-refractivity contribution in [3.05, 3.63) is 35.1 Å². The highest BCUT2D eigenvalue weighted by Crippen LogP contribution is 2.34. The number of nitriles is 1. The highest BCUT2D eigenvalue weighted by atomic mass is 19.1. The molecule has 1 aliphatic heterocycles. The van der Waals surface area contributed by atoms with Gasteiger partial charge in [0.1, 0.15) is 5.82 Å². The van der Waals surface area contributed by atoms with Gasteiger partial charge in [-0.15, -0.1) is 0 Å². The third-order valence-electron chi connectivity index (χ3n) is 4.31. The second-order valence-corrected chi connectivity index (χ2v) is 6.88. The smallest absolute Gasteiger partial charge is 0.124 e. The lowest BCUT2D eigenvalue weighted by Crippen LogP contribution is -2.37. The van der Waals surface area contributed by atoms with E-state index in [1.165, 1.54) is 25.0 Å². The Morgan fingerprint density at radius 2 is 1.90 bits per heavy atom. The number of likely N-dealkylation sites (tertiary alicyclic amines) is 1. The van der Waals surface area contributed by atoms with Crippen LogP contribution in [0.25, 0.3) is 0 Å². The van der Waals surface area contributed by atoms with Gasteiger partial charge in [0.15, 0.2) is 0 Å². The Labute approximate surface area is 121 Å². The first-order valence-electron chi connectivity index (χ1n) is 7.30. The molecule has 0 bridgehead atoms. The van der Waals surface area contributed by atoms with Gasteiger partial charge in [0, 0.05) is 6.54 Å². The van der Waals surface area contributed by atoms with Crippen LogP contribution in [0.1, 0.15) is 44.7 Å². The number of piperidine rings is 1. The summed E-state index contributed by atoms with van der Waals surface area (Å²) in [6.07, 6.45) is 2.40. The Balaban J connectivity index is 1.96. The summed E-state index contributed by atoms with van der Waals surface area (Å²) in [4.78, 5) is 2.36. The molecular weight excluding hydrogens is 251 g/mol. The maximum atomic E-state index is 13.4. The SMILES string of the molecule is CC(C)(C)C1CCN(Cc2cc(F)cc(C#N)c2)CC1. The molecule has 2 nitrogen and oxygen atoms in total. The number of benzene rings is 1. The van der Waals surface area contributed by atoms with E-state index in [2.05, 4.69) is 25.7 Å². The molecule has 1 heterocycles. The van der Waals surface area contributed by atoms with Crippen molar-refractivity contribution >= 4 is 0 Å². The topological polar surface area (TPSA) is 27.0 Å². The van der Waals surface area contributed by atoms with Crippen LogP contribution in [0.15, 0.2) is 18.2 Å². The minimum absolute atomic E-state index is 0.316. The van der Waals surface area contributed by atoms with E-state index in [1.54, 1.807) is 6.07 Å². The molecule has 20 heavy (non-hydrogen) atoms. The zero-order valence-electron chi connectivity index (χ0n) is 12.6. The zero-order valence-corrected chi connectivity index (χ0v) is 12.6. The Kier molecular flexibility index (Phi) is 4.45. The summed E-state index contributed by atoms with van der Waals surface area (Å²) in [6.45, 7) is 9.77. The molecule has 1 aliphatic rings. The van der Waals surface area contributed by atoms with E-state index in [4.69, 9.17) is 5.26 Å². The standard InChI is InChI=1S/C17H23FN2/c1-17(2,3)15-4-6-20(7-5-15)12-14-8-13(11-19)9-16(18)10-14/h8-10,15H,4-7,12H2,1-3H3. The maximum Gasteiger partial charge on any atom is 0.124 e. The fourth-order valence-corrected chi connectivity index (χ4v) is 3.02. The van der Waals surface area contributed by atoms with Crippen molar-refractivity contribution in [3.8, 4) is 6.07 Å². The van der Waals surface area contributed by atoms with Crippen LogP contribution >= 0.6 is 0 Å². The molecule has 0 saturated carbocycles. The van der Waals surface area contributed by atoms with E-state index < -0.39 is 0 Å². The van der Waals surface area contributed by atoms with E-state index in [9.17, 15) is 4.39 Å². The Morgan fingerprint density at radius 1 is 1.25 bits per heavy atom. The highest BCUT2D eigenvalue weighted by Gasteiger charge is 2.28. The number of nitrogens with zero attached hydrogens (tertiary/aromatic N) is 2. The highest BCUT2D eigenvalue weighted by molar-refractivity contribution is 5.33. The van der Waals surface area contributed by atoms with Crippen molar-refractivity contribution < 1.29 is 4.39 Å². The summed E-state index contributed by atoms with van der Waals surface area (Å²) >= 11 is 0. The molecule has 2 rings (SSSR count). The third kappa shape index (κ3) is 3.80. The largest absolute Gasteiger partial charge is 0.299 e. The molecular formula is C17H23FN2. The number of rotatable bonds is 2. The Morgan fingerprint density at radius 3 is 2.45 bits per heavy atom. The second kappa shape index (κ2) is 5.93. The fraction of sp³-hybridized carbons (Fsp3) is 0.588. The summed E-state index contributed by atoms with van der Waals surface area (Å²) < 4.78 is 13.4. The van der Waals surface area contributed by atoms with Crippen molar-refractivity contribution in [2.75, 3.05) is 13.1 Å². The summed E-state index contributed by atoms with van der Waals surface area (Å²) in [7, 11) is 0. The predicted octanol–water partition coefficient (Wildman–Crippen LogP) is 3.96. The van der Waals surface area contributed by atoms with Crippen molar-refractivity contribution in [3.63, 3.8) is 0 Å². The van der Waals surface area contributed by atoms with Crippen LogP contribution in [0.5, 0.6) is 0 Å². The van der Waals surface area contributed by atoms with Gasteiger partial charge in [-0.1, -0.05) is 20.8 Å². The first-order valence-corrected chi connectivity index (χ1v) is 7.30. The molecule has 3 heteroatoms. The number of halogens is 1. The predicted molar refractivity (Wildman–Crippen MR) is 78.6 cm³/mol. The van der Waals surface area contributed by atoms with Crippen LogP contribution < -0.4 is 0 Å². The van der Waals surface area contributed by atoms with Crippen LogP contribution in [-0.2, 0) is 6.54 Å². The minimum Gasteiger partial charge on any atom is -0.299 e. The summed E-state index contributed by atoms with van der Waals surface area (Å²) in [5.74, 6) is 0.449. The molecule has 1 fully saturated rings. The molecule has 1 saturated heterocycles. The van der Waals surface area contributed by atoms with E-state index in [-0.39, 0.29) is 5.82 Å². The lowest BCUT2D eigenvalue weighted by Gasteiger charge is -2.38. The lowest BCUT2D eigenvalue weighted by atomic mass is 9.75. The van der Waals surface area contributed by atoms with Crippen LogP contribution in [0.2, 0.25) is 0 Å². The average molecular weight is 274 g/mol. The van der Waals surface area contributed by atoms with Crippen LogP contribution in [0.3, 0.4) is 0 Å². The Hall–Kier alpha value is -1.40. The van der Waals surface area contributed by atoms with Gasteiger partial charge in [-0.25, -0.2) is 4.39 Å². The quantitative estimate of drug-likeness (QED) is 0.816. The molecule has 0 radical (unpaired) electrons. The molecule has 0 amide bonds. The second-order valence-electron chi connectivity index (χ2n) is 6.88. The number of hydrogen-bond donors (Lipinski definition) is 0. The molecule has 108 valence electrons. The van der Waals surface area contributed by atoms with Gasteiger partial charge in [-0.2, -0.15) is 5.26 Å². The van der Waals surface area contributed by atoms with Crippen LogP contribution in [0.4, 0.5) is 4.39 Å². The van der Waals surface area contributed by atoms with E-state index >= 15 is 0 Å². The summed E-state index contributed by atoms with van der Waals surface area (Å²) in [5.41, 5.74) is 1.68. The van der Waals surface area contributed by atoms with Gasteiger partial charge in [0.05, 0.1) is 11.6 Å². The minimum atomic E-state index is -0.316. The van der Waals surface area contributed by atoms with Gasteiger partial charge in [0.25, 0.3) is 0 Å². The molecule has 1 aromatic rings. The maximum absolute atomic E-state index is 13.4. The van der Waals surface area contributed by atoms with Crippen molar-refractivity contribution in [2.24, 2.45) is 11.3 Å². The van der Waals surface area contributed by atoms with Gasteiger partial charge in [0.2, 0.25) is 0 Å². The van der Waals surface area contributed by atoms with Crippen molar-refractivity contribution in [1.82, 2.24) is 4.90 Å². The normalized spacial score (nSPS) is 17.9. The molecule has 0 atom stereocenters. The number of hydrogen-bond acceptors (Lipinski definition) is 2. The van der Waals surface area contributed by atoms with E-state index in [0.717, 1.165) is 31.1 Å². The molecule has 0 aliphatic carbocycles. The van der Waals surface area contributed by atoms with Crippen molar-refractivity contribution in [2.45, 2.75) is 40.2 Å². The first-order chi connectivity index (χ1) is 9.38.